The first-order chi connectivity index (χ1) is 11.7. The zero-order valence-corrected chi connectivity index (χ0v) is 16.1. The second-order valence-corrected chi connectivity index (χ2v) is 7.68. The molecular weight excluding hydrogens is 310 g/mol. The van der Waals surface area contributed by atoms with Gasteiger partial charge in [-0.1, -0.05) is 57.2 Å². The molecule has 0 bridgehead atoms. The van der Waals surface area contributed by atoms with Crippen molar-refractivity contribution in [2.45, 2.75) is 59.1 Å². The molecule has 0 aromatic heterocycles. The van der Waals surface area contributed by atoms with Crippen LogP contribution in [0.3, 0.4) is 0 Å². The summed E-state index contributed by atoms with van der Waals surface area (Å²) in [5, 5.41) is 3.03. The average Bonchev–Trinajstić information content (AvgIpc) is 2.54. The van der Waals surface area contributed by atoms with Gasteiger partial charge in [0.1, 0.15) is 5.75 Å². The van der Waals surface area contributed by atoms with Crippen LogP contribution >= 0.6 is 0 Å². The molecule has 0 aliphatic carbocycles. The predicted molar refractivity (Wildman–Crippen MR) is 103 cm³/mol. The Morgan fingerprint density at radius 2 is 1.68 bits per heavy atom. The first-order valence-corrected chi connectivity index (χ1v) is 8.81. The van der Waals surface area contributed by atoms with Crippen LogP contribution in [0.2, 0.25) is 0 Å². The van der Waals surface area contributed by atoms with Crippen LogP contribution in [0.25, 0.3) is 0 Å². The Kier molecular flexibility index (Phi) is 5.89. The molecule has 2 rings (SSSR count). The highest BCUT2D eigenvalue weighted by atomic mass is 16.5. The summed E-state index contributed by atoms with van der Waals surface area (Å²) in [6.45, 7) is 12.3. The van der Waals surface area contributed by atoms with Gasteiger partial charge >= 0.3 is 0 Å². The number of rotatable bonds is 5. The number of ether oxygens (including phenoxy) is 1. The molecule has 3 nitrogen and oxygen atoms in total. The van der Waals surface area contributed by atoms with Gasteiger partial charge in [-0.05, 0) is 55.0 Å². The molecule has 1 N–H and O–H groups in total. The van der Waals surface area contributed by atoms with Gasteiger partial charge in [-0.2, -0.15) is 0 Å². The highest BCUT2D eigenvalue weighted by Gasteiger charge is 2.19. The lowest BCUT2D eigenvalue weighted by molar-refractivity contribution is -0.127. The molecule has 3 heteroatoms. The Balaban J connectivity index is 1.97. The van der Waals surface area contributed by atoms with Crippen LogP contribution in [-0.2, 0) is 10.2 Å². The summed E-state index contributed by atoms with van der Waals surface area (Å²) in [5.41, 5.74) is 3.61. The molecule has 2 aromatic carbocycles. The first-order valence-electron chi connectivity index (χ1n) is 8.81. The number of benzene rings is 2. The van der Waals surface area contributed by atoms with Gasteiger partial charge in [-0.25, -0.2) is 0 Å². The minimum Gasteiger partial charge on any atom is -0.481 e. The molecule has 2 aromatic rings. The van der Waals surface area contributed by atoms with E-state index < -0.39 is 6.10 Å². The minimum absolute atomic E-state index is 0.0647. The molecule has 0 saturated heterocycles. The molecule has 0 spiro atoms. The number of nitrogens with one attached hydrogen (secondary N) is 1. The van der Waals surface area contributed by atoms with Crippen molar-refractivity contribution in [2.24, 2.45) is 0 Å². The highest BCUT2D eigenvalue weighted by molar-refractivity contribution is 5.81. The van der Waals surface area contributed by atoms with Crippen molar-refractivity contribution >= 4 is 5.91 Å². The zero-order valence-electron chi connectivity index (χ0n) is 16.1. The van der Waals surface area contributed by atoms with Crippen LogP contribution < -0.4 is 10.1 Å². The zero-order chi connectivity index (χ0) is 18.6. The smallest absolute Gasteiger partial charge is 0.261 e. The predicted octanol–water partition coefficient (Wildman–Crippen LogP) is 4.94. The number of aryl methyl sites for hydroxylation is 1. The maximum Gasteiger partial charge on any atom is 0.261 e. The fraction of sp³-hybridized carbons (Fsp3) is 0.409. The Hall–Kier alpha value is -2.29. The quantitative estimate of drug-likeness (QED) is 0.838. The number of carbonyl (C=O) groups is 1. The van der Waals surface area contributed by atoms with Crippen LogP contribution in [0.15, 0.2) is 48.5 Å². The van der Waals surface area contributed by atoms with Crippen molar-refractivity contribution in [3.8, 4) is 5.75 Å². The summed E-state index contributed by atoms with van der Waals surface area (Å²) in [5.74, 6) is 0.596. The largest absolute Gasteiger partial charge is 0.481 e. The van der Waals surface area contributed by atoms with Gasteiger partial charge in [0.05, 0.1) is 6.04 Å². The third-order valence-corrected chi connectivity index (χ3v) is 4.31. The van der Waals surface area contributed by atoms with Crippen LogP contribution in [0.1, 0.15) is 57.4 Å². The minimum atomic E-state index is -0.543. The lowest BCUT2D eigenvalue weighted by Crippen LogP contribution is -2.37. The molecule has 134 valence electrons. The van der Waals surface area contributed by atoms with E-state index in [9.17, 15) is 4.79 Å². The fourth-order valence-corrected chi connectivity index (χ4v) is 2.63. The molecular formula is C22H29NO2. The summed E-state index contributed by atoms with van der Waals surface area (Å²) in [6.07, 6.45) is -0.543. The van der Waals surface area contributed by atoms with E-state index in [0.29, 0.717) is 5.75 Å². The number of carbonyl (C=O) groups excluding carboxylic acids is 1. The van der Waals surface area contributed by atoms with E-state index in [1.165, 1.54) is 5.56 Å². The van der Waals surface area contributed by atoms with Gasteiger partial charge in [-0.3, -0.25) is 4.79 Å². The number of amides is 1. The van der Waals surface area contributed by atoms with E-state index in [2.05, 4.69) is 50.4 Å². The molecule has 25 heavy (non-hydrogen) atoms. The van der Waals surface area contributed by atoms with Crippen molar-refractivity contribution in [1.29, 1.82) is 0 Å². The molecule has 0 fully saturated rings. The van der Waals surface area contributed by atoms with Gasteiger partial charge in [0, 0.05) is 0 Å². The number of hydrogen-bond donors (Lipinski definition) is 1. The van der Waals surface area contributed by atoms with E-state index >= 15 is 0 Å². The van der Waals surface area contributed by atoms with E-state index in [4.69, 9.17) is 4.74 Å². The van der Waals surface area contributed by atoms with Crippen LogP contribution in [0.5, 0.6) is 5.75 Å². The standard InChI is InChI=1S/C22H29NO2/c1-15-8-7-9-20(14-15)25-17(3)21(24)23-16(2)18-10-12-19(13-11-18)22(4,5)6/h7-14,16-17H,1-6H3,(H,23,24)/t16-,17-/m0/s1. The van der Waals surface area contributed by atoms with Gasteiger partial charge in [0.25, 0.3) is 5.91 Å². The maximum absolute atomic E-state index is 12.4. The lowest BCUT2D eigenvalue weighted by atomic mass is 9.86. The van der Waals surface area contributed by atoms with Crippen molar-refractivity contribution in [3.63, 3.8) is 0 Å². The second kappa shape index (κ2) is 7.73. The van der Waals surface area contributed by atoms with E-state index in [1.807, 2.05) is 38.1 Å². The maximum atomic E-state index is 12.4. The van der Waals surface area contributed by atoms with Gasteiger partial charge in [0.2, 0.25) is 0 Å². The summed E-state index contributed by atoms with van der Waals surface area (Å²) in [4.78, 5) is 12.4. The fourth-order valence-electron chi connectivity index (χ4n) is 2.63. The number of hydrogen-bond acceptors (Lipinski definition) is 2. The molecule has 0 heterocycles. The summed E-state index contributed by atoms with van der Waals surface area (Å²) in [6, 6.07) is 16.1. The molecule has 0 unspecified atom stereocenters. The Bertz CT molecular complexity index is 714. The first kappa shape index (κ1) is 19.0. The Morgan fingerprint density at radius 1 is 1.04 bits per heavy atom. The molecule has 2 atom stereocenters. The van der Waals surface area contributed by atoms with Crippen molar-refractivity contribution < 1.29 is 9.53 Å². The summed E-state index contributed by atoms with van der Waals surface area (Å²) >= 11 is 0. The topological polar surface area (TPSA) is 38.3 Å². The van der Waals surface area contributed by atoms with Crippen LogP contribution in [0, 0.1) is 6.92 Å². The van der Waals surface area contributed by atoms with Crippen molar-refractivity contribution in [3.05, 3.63) is 65.2 Å². The van der Waals surface area contributed by atoms with Gasteiger partial charge in [0.15, 0.2) is 6.10 Å². The lowest BCUT2D eigenvalue weighted by Gasteiger charge is -2.22. The molecule has 0 radical (unpaired) electrons. The monoisotopic (exact) mass is 339 g/mol. The van der Waals surface area contributed by atoms with E-state index in [-0.39, 0.29) is 17.4 Å². The van der Waals surface area contributed by atoms with Crippen molar-refractivity contribution in [2.75, 3.05) is 0 Å². The molecule has 0 saturated carbocycles. The Morgan fingerprint density at radius 3 is 2.24 bits per heavy atom. The summed E-state index contributed by atoms with van der Waals surface area (Å²) in [7, 11) is 0. The third-order valence-electron chi connectivity index (χ3n) is 4.31. The van der Waals surface area contributed by atoms with Gasteiger partial charge < -0.3 is 10.1 Å². The SMILES string of the molecule is Cc1cccc(O[C@@H](C)C(=O)N[C@@H](C)c2ccc(C(C)(C)C)cc2)c1. The molecule has 0 aliphatic rings. The average molecular weight is 339 g/mol. The Labute approximate surface area is 151 Å². The van der Waals surface area contributed by atoms with E-state index in [1.54, 1.807) is 6.92 Å². The second-order valence-electron chi connectivity index (χ2n) is 7.68. The van der Waals surface area contributed by atoms with Crippen LogP contribution in [0.4, 0.5) is 0 Å². The van der Waals surface area contributed by atoms with E-state index in [0.717, 1.165) is 11.1 Å². The molecule has 0 aliphatic heterocycles. The van der Waals surface area contributed by atoms with Crippen molar-refractivity contribution in [1.82, 2.24) is 5.32 Å². The molecule has 1 amide bonds. The third kappa shape index (κ3) is 5.35. The summed E-state index contributed by atoms with van der Waals surface area (Å²) < 4.78 is 5.75. The van der Waals surface area contributed by atoms with Crippen LogP contribution in [-0.4, -0.2) is 12.0 Å². The van der Waals surface area contributed by atoms with Gasteiger partial charge in [-0.15, -0.1) is 0 Å². The highest BCUT2D eigenvalue weighted by Crippen LogP contribution is 2.24. The normalized spacial score (nSPS) is 13.8.